The summed E-state index contributed by atoms with van der Waals surface area (Å²) >= 11 is 11.6. The summed E-state index contributed by atoms with van der Waals surface area (Å²) in [5, 5.41) is 0.253. The van der Waals surface area contributed by atoms with E-state index in [-0.39, 0.29) is 20.8 Å². The van der Waals surface area contributed by atoms with Crippen molar-refractivity contribution >= 4 is 51.0 Å². The van der Waals surface area contributed by atoms with Crippen molar-refractivity contribution in [3.05, 3.63) is 28.2 Å². The first-order chi connectivity index (χ1) is 13.5. The van der Waals surface area contributed by atoms with E-state index in [1.165, 1.54) is 30.9 Å². The molecule has 0 aliphatic carbocycles. The van der Waals surface area contributed by atoms with Crippen LogP contribution in [0, 0.1) is 0 Å². The quantitative estimate of drug-likeness (QED) is 0.624. The highest BCUT2D eigenvalue weighted by Crippen LogP contribution is 2.24. The number of esters is 1. The van der Waals surface area contributed by atoms with Crippen molar-refractivity contribution in [1.29, 1.82) is 0 Å². The number of rotatable bonds is 6. The van der Waals surface area contributed by atoms with E-state index in [0.29, 0.717) is 26.2 Å². The Labute approximate surface area is 178 Å². The molecule has 0 radical (unpaired) electrons. The van der Waals surface area contributed by atoms with Gasteiger partial charge in [0.05, 0.1) is 14.9 Å². The summed E-state index contributed by atoms with van der Waals surface area (Å²) in [5.74, 6) is -1.38. The van der Waals surface area contributed by atoms with Gasteiger partial charge in [-0.25, -0.2) is 8.42 Å². The molecule has 1 aromatic carbocycles. The molecule has 0 spiro atoms. The number of nitrogens with zero attached hydrogens (tertiary/aromatic N) is 2. The van der Waals surface area contributed by atoms with E-state index in [1.54, 1.807) is 4.90 Å². The third kappa shape index (κ3) is 6.30. The van der Waals surface area contributed by atoms with Crippen LogP contribution in [-0.2, 0) is 29.1 Å². The minimum absolute atomic E-state index is 0.0567. The fraction of sp³-hybridized carbons (Fsp3) is 0.471. The maximum Gasteiger partial charge on any atom is 0.321 e. The monoisotopic (exact) mass is 465 g/mol. The number of carbonyl (C=O) groups is 3. The van der Waals surface area contributed by atoms with Gasteiger partial charge in [-0.3, -0.25) is 14.4 Å². The Balaban J connectivity index is 1.86. The van der Waals surface area contributed by atoms with E-state index in [2.05, 4.69) is 4.72 Å². The van der Waals surface area contributed by atoms with Gasteiger partial charge in [0.25, 0.3) is 5.91 Å². The van der Waals surface area contributed by atoms with E-state index < -0.39 is 34.5 Å². The SMILES string of the molecule is CC(=O)N1CCN(C(=O)C(C)OC(=O)CNS(=O)(=O)c2ccc(Cl)c(Cl)c2)CC1. The molecule has 2 amide bonds. The van der Waals surface area contributed by atoms with Gasteiger partial charge in [-0.15, -0.1) is 0 Å². The molecule has 1 unspecified atom stereocenters. The highest BCUT2D eigenvalue weighted by Gasteiger charge is 2.28. The van der Waals surface area contributed by atoms with Gasteiger partial charge in [0.2, 0.25) is 15.9 Å². The number of hydrogen-bond acceptors (Lipinski definition) is 6. The van der Waals surface area contributed by atoms with Crippen LogP contribution in [0.15, 0.2) is 23.1 Å². The highest BCUT2D eigenvalue weighted by atomic mass is 35.5. The predicted octanol–water partition coefficient (Wildman–Crippen LogP) is 0.894. The second kappa shape index (κ2) is 9.75. The molecule has 2 rings (SSSR count). The summed E-state index contributed by atoms with van der Waals surface area (Å²) in [7, 11) is -4.01. The van der Waals surface area contributed by atoms with Gasteiger partial charge in [0, 0.05) is 33.1 Å². The zero-order valence-electron chi connectivity index (χ0n) is 15.9. The van der Waals surface area contributed by atoms with Crippen molar-refractivity contribution in [2.45, 2.75) is 24.8 Å². The van der Waals surface area contributed by atoms with Crippen LogP contribution in [0.5, 0.6) is 0 Å². The lowest BCUT2D eigenvalue weighted by atomic mass is 10.2. The van der Waals surface area contributed by atoms with E-state index >= 15 is 0 Å². The van der Waals surface area contributed by atoms with Crippen LogP contribution in [0.25, 0.3) is 0 Å². The van der Waals surface area contributed by atoms with E-state index in [9.17, 15) is 22.8 Å². The maximum absolute atomic E-state index is 12.4. The van der Waals surface area contributed by atoms with Crippen molar-refractivity contribution in [2.24, 2.45) is 0 Å². The summed E-state index contributed by atoms with van der Waals surface area (Å²) in [4.78, 5) is 38.6. The van der Waals surface area contributed by atoms with Crippen LogP contribution < -0.4 is 4.72 Å². The zero-order valence-corrected chi connectivity index (χ0v) is 18.2. The molecular weight excluding hydrogens is 445 g/mol. The van der Waals surface area contributed by atoms with Crippen molar-refractivity contribution in [3.8, 4) is 0 Å². The minimum Gasteiger partial charge on any atom is -0.452 e. The second-order valence-electron chi connectivity index (χ2n) is 6.36. The molecule has 0 bridgehead atoms. The second-order valence-corrected chi connectivity index (χ2v) is 8.95. The molecule has 9 nitrogen and oxygen atoms in total. The standard InChI is InChI=1S/C17H21Cl2N3O6S/c1-11(17(25)22-7-5-21(6-8-22)12(2)23)28-16(24)10-20-29(26,27)13-3-4-14(18)15(19)9-13/h3-4,9,11,20H,5-8,10H2,1-2H3. The number of amides is 2. The lowest BCUT2D eigenvalue weighted by Gasteiger charge is -2.35. The molecule has 0 aromatic heterocycles. The van der Waals surface area contributed by atoms with E-state index in [1.807, 2.05) is 0 Å². The van der Waals surface area contributed by atoms with Gasteiger partial charge in [0.1, 0.15) is 6.54 Å². The molecule has 160 valence electrons. The highest BCUT2D eigenvalue weighted by molar-refractivity contribution is 7.89. The number of carbonyl (C=O) groups excluding carboxylic acids is 3. The van der Waals surface area contributed by atoms with Crippen molar-refractivity contribution in [1.82, 2.24) is 14.5 Å². The number of piperazine rings is 1. The summed E-state index contributed by atoms with van der Waals surface area (Å²) in [6.45, 7) is 3.70. The van der Waals surface area contributed by atoms with Gasteiger partial charge < -0.3 is 14.5 Å². The maximum atomic E-state index is 12.4. The van der Waals surface area contributed by atoms with Crippen LogP contribution >= 0.6 is 23.2 Å². The molecule has 1 N–H and O–H groups in total. The Bertz CT molecular complexity index is 900. The fourth-order valence-electron chi connectivity index (χ4n) is 2.67. The lowest BCUT2D eigenvalue weighted by molar-refractivity contribution is -0.159. The summed E-state index contributed by atoms with van der Waals surface area (Å²) in [6, 6.07) is 3.72. The Morgan fingerprint density at radius 3 is 2.24 bits per heavy atom. The van der Waals surface area contributed by atoms with Gasteiger partial charge in [-0.2, -0.15) is 4.72 Å². The fourth-order valence-corrected chi connectivity index (χ4v) is 4.03. The third-order valence-corrected chi connectivity index (χ3v) is 6.44. The number of hydrogen-bond donors (Lipinski definition) is 1. The van der Waals surface area contributed by atoms with Crippen molar-refractivity contribution in [3.63, 3.8) is 0 Å². The van der Waals surface area contributed by atoms with Gasteiger partial charge in [-0.05, 0) is 25.1 Å². The number of benzene rings is 1. The van der Waals surface area contributed by atoms with Crippen molar-refractivity contribution in [2.75, 3.05) is 32.7 Å². The summed E-state index contributed by atoms with van der Waals surface area (Å²) in [6.07, 6.45) is -1.08. The topological polar surface area (TPSA) is 113 Å². The molecule has 1 fully saturated rings. The average Bonchev–Trinajstić information content (AvgIpc) is 2.68. The Morgan fingerprint density at radius 2 is 1.69 bits per heavy atom. The molecule has 1 saturated heterocycles. The van der Waals surface area contributed by atoms with Crippen molar-refractivity contribution < 1.29 is 27.5 Å². The zero-order chi connectivity index (χ0) is 21.8. The predicted molar refractivity (Wildman–Crippen MR) is 106 cm³/mol. The molecule has 1 aliphatic heterocycles. The first kappa shape index (κ1) is 23.4. The smallest absolute Gasteiger partial charge is 0.321 e. The molecule has 12 heteroatoms. The van der Waals surface area contributed by atoms with Gasteiger partial charge >= 0.3 is 5.97 Å². The average molecular weight is 466 g/mol. The molecule has 1 atom stereocenters. The molecule has 29 heavy (non-hydrogen) atoms. The number of nitrogens with one attached hydrogen (secondary N) is 1. The largest absolute Gasteiger partial charge is 0.452 e. The van der Waals surface area contributed by atoms with Gasteiger partial charge in [0.15, 0.2) is 6.10 Å². The van der Waals surface area contributed by atoms with E-state index in [0.717, 1.165) is 6.07 Å². The summed E-state index contributed by atoms with van der Waals surface area (Å²) in [5.41, 5.74) is 0. The lowest BCUT2D eigenvalue weighted by Crippen LogP contribution is -2.52. The number of halogens is 2. The minimum atomic E-state index is -4.01. The normalized spacial score (nSPS) is 15.7. The number of sulfonamides is 1. The van der Waals surface area contributed by atoms with E-state index in [4.69, 9.17) is 27.9 Å². The van der Waals surface area contributed by atoms with Crippen LogP contribution in [0.4, 0.5) is 0 Å². The number of ether oxygens (including phenoxy) is 1. The summed E-state index contributed by atoms with van der Waals surface area (Å²) < 4.78 is 31.6. The Hall–Kier alpha value is -1.88. The molecule has 1 aliphatic rings. The van der Waals surface area contributed by atoms with Crippen LogP contribution in [0.2, 0.25) is 10.0 Å². The first-order valence-electron chi connectivity index (χ1n) is 8.70. The third-order valence-electron chi connectivity index (χ3n) is 4.30. The first-order valence-corrected chi connectivity index (χ1v) is 10.9. The molecule has 1 aromatic rings. The van der Waals surface area contributed by atoms with Crippen LogP contribution in [0.3, 0.4) is 0 Å². The Kier molecular flexibility index (Phi) is 7.87. The van der Waals surface area contributed by atoms with Crippen LogP contribution in [-0.4, -0.2) is 74.8 Å². The molecule has 1 heterocycles. The van der Waals surface area contributed by atoms with Crippen LogP contribution in [0.1, 0.15) is 13.8 Å². The molecular formula is C17H21Cl2N3O6S. The Morgan fingerprint density at radius 1 is 1.10 bits per heavy atom. The van der Waals surface area contributed by atoms with Gasteiger partial charge in [-0.1, -0.05) is 23.2 Å². The molecule has 0 saturated carbocycles.